The van der Waals surface area contributed by atoms with E-state index in [1.807, 2.05) is 0 Å². The van der Waals surface area contributed by atoms with E-state index >= 15 is 0 Å². The van der Waals surface area contributed by atoms with E-state index < -0.39 is 0 Å². The Morgan fingerprint density at radius 2 is 0.824 bits per heavy atom. The molecule has 0 aromatic heterocycles. The van der Waals surface area contributed by atoms with Gasteiger partial charge in [0.05, 0.1) is 0 Å². The van der Waals surface area contributed by atoms with Crippen LogP contribution in [0.1, 0.15) is 96.8 Å². The van der Waals surface area contributed by atoms with Crippen molar-refractivity contribution in [1.29, 1.82) is 0 Å². The molecule has 0 saturated heterocycles. The molecule has 0 saturated carbocycles. The summed E-state index contributed by atoms with van der Waals surface area (Å²) in [6.07, 6.45) is 19.8. The van der Waals surface area contributed by atoms with Gasteiger partial charge < -0.3 is 6.92 Å². The minimum Gasteiger partial charge on any atom is -0.343 e. The molecule has 1 heteroatoms. The summed E-state index contributed by atoms with van der Waals surface area (Å²) in [5.74, 6) is 0. The maximum absolute atomic E-state index is 3.87. The zero-order valence-electron chi connectivity index (χ0n) is 12.6. The Morgan fingerprint density at radius 1 is 0.529 bits per heavy atom. The van der Waals surface area contributed by atoms with Crippen molar-refractivity contribution in [2.24, 2.45) is 0 Å². The predicted molar refractivity (Wildman–Crippen MR) is 75.7 cm³/mol. The van der Waals surface area contributed by atoms with Gasteiger partial charge in [-0.3, -0.25) is 0 Å². The van der Waals surface area contributed by atoms with Crippen LogP contribution in [0.3, 0.4) is 0 Å². The molecule has 0 aromatic rings. The summed E-state index contributed by atoms with van der Waals surface area (Å²) in [6, 6.07) is 0. The van der Waals surface area contributed by atoms with Crippen LogP contribution in [0, 0.1) is 6.92 Å². The first-order valence-corrected chi connectivity index (χ1v) is 7.71. The molecule has 0 nitrogen and oxygen atoms in total. The summed E-state index contributed by atoms with van der Waals surface area (Å²) in [4.78, 5) is 0. The van der Waals surface area contributed by atoms with Crippen LogP contribution in [0.4, 0.5) is 0 Å². The molecule has 0 heterocycles. The van der Waals surface area contributed by atoms with Gasteiger partial charge in [-0.1, -0.05) is 90.4 Å². The van der Waals surface area contributed by atoms with Crippen LogP contribution < -0.4 is 51.4 Å². The van der Waals surface area contributed by atoms with Gasteiger partial charge >= 0.3 is 51.4 Å². The van der Waals surface area contributed by atoms with Gasteiger partial charge in [-0.15, -0.1) is 0 Å². The van der Waals surface area contributed by atoms with Gasteiger partial charge in [-0.25, -0.2) is 0 Å². The Hall–Kier alpha value is 1.64. The SMILES string of the molecule is [CH2-]CCCCCCCCCCCCCCC.[K+]. The largest absolute Gasteiger partial charge is 1.00 e. The third-order valence-electron chi connectivity index (χ3n) is 3.35. The summed E-state index contributed by atoms with van der Waals surface area (Å²) in [6.45, 7) is 6.16. The first-order chi connectivity index (χ1) is 7.91. The molecule has 98 valence electrons. The Bertz CT molecular complexity index is 98.1. The Balaban J connectivity index is 0. The Morgan fingerprint density at radius 3 is 1.12 bits per heavy atom. The quantitative estimate of drug-likeness (QED) is 0.272. The molecule has 0 aliphatic rings. The molecule has 0 rings (SSSR count). The van der Waals surface area contributed by atoms with Crippen molar-refractivity contribution in [3.05, 3.63) is 6.92 Å². The second-order valence-corrected chi connectivity index (χ2v) is 5.10. The minimum atomic E-state index is 0. The molecule has 0 unspecified atom stereocenters. The van der Waals surface area contributed by atoms with Gasteiger partial charge in [0.1, 0.15) is 0 Å². The topological polar surface area (TPSA) is 0 Å². The van der Waals surface area contributed by atoms with E-state index in [0.29, 0.717) is 0 Å². The van der Waals surface area contributed by atoms with E-state index in [-0.39, 0.29) is 51.4 Å². The number of rotatable bonds is 13. The third kappa shape index (κ3) is 20.1. The maximum Gasteiger partial charge on any atom is 1.00 e. The fourth-order valence-corrected chi connectivity index (χ4v) is 2.19. The first-order valence-electron chi connectivity index (χ1n) is 7.71. The van der Waals surface area contributed by atoms with Gasteiger partial charge in [-0.2, -0.15) is 6.42 Å². The second-order valence-electron chi connectivity index (χ2n) is 5.10. The van der Waals surface area contributed by atoms with Crippen LogP contribution in [0.25, 0.3) is 0 Å². The molecule has 0 radical (unpaired) electrons. The van der Waals surface area contributed by atoms with E-state index in [2.05, 4.69) is 13.8 Å². The van der Waals surface area contributed by atoms with Gasteiger partial charge in [0.25, 0.3) is 0 Å². The molecule has 17 heavy (non-hydrogen) atoms. The monoisotopic (exact) mass is 264 g/mol. The molecule has 0 N–H and O–H groups in total. The van der Waals surface area contributed by atoms with Crippen molar-refractivity contribution in [3.63, 3.8) is 0 Å². The molecule has 0 aliphatic heterocycles. The number of hydrogen-bond acceptors (Lipinski definition) is 0. The van der Waals surface area contributed by atoms with Crippen LogP contribution in [0.2, 0.25) is 0 Å². The zero-order chi connectivity index (χ0) is 11.9. The van der Waals surface area contributed by atoms with E-state index in [0.717, 1.165) is 6.42 Å². The summed E-state index contributed by atoms with van der Waals surface area (Å²) in [7, 11) is 0. The zero-order valence-corrected chi connectivity index (χ0v) is 15.7. The van der Waals surface area contributed by atoms with E-state index in [1.54, 1.807) is 0 Å². The van der Waals surface area contributed by atoms with Gasteiger partial charge in [0.15, 0.2) is 0 Å². The predicted octanol–water partition coefficient (Wildman–Crippen LogP) is 3.31. The standard InChI is InChI=1S/C16H33.K/c1-3-5-7-9-11-13-15-16-14-12-10-8-6-4-2;/h1,3-16H2,2H3;/q-1;+1. The van der Waals surface area contributed by atoms with Crippen molar-refractivity contribution >= 4 is 0 Å². The van der Waals surface area contributed by atoms with Crippen LogP contribution >= 0.6 is 0 Å². The van der Waals surface area contributed by atoms with Crippen molar-refractivity contribution in [3.8, 4) is 0 Å². The smallest absolute Gasteiger partial charge is 0.343 e. The van der Waals surface area contributed by atoms with Crippen molar-refractivity contribution in [1.82, 2.24) is 0 Å². The molecular weight excluding hydrogens is 231 g/mol. The average molecular weight is 265 g/mol. The van der Waals surface area contributed by atoms with Gasteiger partial charge in [0, 0.05) is 0 Å². The van der Waals surface area contributed by atoms with Crippen molar-refractivity contribution < 1.29 is 51.4 Å². The second kappa shape index (κ2) is 20.0. The maximum atomic E-state index is 3.87. The number of hydrogen-bond donors (Lipinski definition) is 0. The number of unbranched alkanes of at least 4 members (excludes halogenated alkanes) is 13. The summed E-state index contributed by atoms with van der Waals surface area (Å²) in [5, 5.41) is 0. The van der Waals surface area contributed by atoms with E-state index in [1.165, 1.54) is 83.5 Å². The molecule has 0 fully saturated rings. The molecule has 0 bridgehead atoms. The van der Waals surface area contributed by atoms with Crippen molar-refractivity contribution in [2.75, 3.05) is 0 Å². The van der Waals surface area contributed by atoms with Crippen LogP contribution in [-0.2, 0) is 0 Å². The van der Waals surface area contributed by atoms with Crippen LogP contribution in [-0.4, -0.2) is 0 Å². The Kier molecular flexibility index (Phi) is 24.6. The van der Waals surface area contributed by atoms with Crippen molar-refractivity contribution in [2.45, 2.75) is 96.8 Å². The fraction of sp³-hybridized carbons (Fsp3) is 0.938. The molecular formula is C16H33K. The minimum absolute atomic E-state index is 0. The van der Waals surface area contributed by atoms with Crippen LogP contribution in [0.5, 0.6) is 0 Å². The Labute approximate surface area is 153 Å². The van der Waals surface area contributed by atoms with E-state index in [4.69, 9.17) is 0 Å². The molecule has 0 aromatic carbocycles. The van der Waals surface area contributed by atoms with Gasteiger partial charge in [-0.05, 0) is 0 Å². The summed E-state index contributed by atoms with van der Waals surface area (Å²) >= 11 is 0. The van der Waals surface area contributed by atoms with E-state index in [9.17, 15) is 0 Å². The third-order valence-corrected chi connectivity index (χ3v) is 3.35. The molecule has 0 amide bonds. The van der Waals surface area contributed by atoms with Crippen LogP contribution in [0.15, 0.2) is 0 Å². The summed E-state index contributed by atoms with van der Waals surface area (Å²) in [5.41, 5.74) is 0. The fourth-order valence-electron chi connectivity index (χ4n) is 2.19. The first kappa shape index (κ1) is 20.9. The molecule has 0 atom stereocenters. The van der Waals surface area contributed by atoms with Gasteiger partial charge in [0.2, 0.25) is 0 Å². The summed E-state index contributed by atoms with van der Waals surface area (Å²) < 4.78 is 0. The molecule has 0 aliphatic carbocycles. The molecule has 0 spiro atoms. The normalized spacial score (nSPS) is 10.2. The average Bonchev–Trinajstić information content (AvgIpc) is 2.31.